The Morgan fingerprint density at radius 1 is 1.20 bits per heavy atom. The molecule has 0 unspecified atom stereocenters. The van der Waals surface area contributed by atoms with Crippen molar-refractivity contribution in [3.05, 3.63) is 0 Å². The molecule has 32 valence electrons. The van der Waals surface area contributed by atoms with Gasteiger partial charge in [-0.1, -0.05) is 0 Å². The van der Waals surface area contributed by atoms with Crippen molar-refractivity contribution < 1.29 is 15.1 Å². The number of rotatable bonds is 0. The number of hydrogen-bond acceptors (Lipinski definition) is 2. The Morgan fingerprint density at radius 2 is 1.20 bits per heavy atom. The summed E-state index contributed by atoms with van der Waals surface area (Å²) < 4.78 is 0. The molecule has 0 fully saturated rings. The van der Waals surface area contributed by atoms with Gasteiger partial charge in [0.05, 0.1) is 0 Å². The molecule has 0 amide bonds. The maximum absolute atomic E-state index is 8.12. The molecule has 0 bridgehead atoms. The first-order valence-electron chi connectivity index (χ1n) is 0.408. The summed E-state index contributed by atoms with van der Waals surface area (Å²) in [7, 11) is 0. The monoisotopic (exact) mass is 274 g/mol. The molecule has 0 heterocycles. The molecule has 0 aromatic heterocycles. The topological polar surface area (TPSA) is 65.6 Å². The third-order valence-corrected chi connectivity index (χ3v) is 0. The van der Waals surface area contributed by atoms with E-state index >= 15 is 0 Å². The average molecular weight is 274 g/mol. The zero-order valence-electron chi connectivity index (χ0n) is 2.52. The van der Waals surface area contributed by atoms with Gasteiger partial charge in [0.25, 0.3) is 0 Å². The van der Waals surface area contributed by atoms with Crippen LogP contribution in [-0.4, -0.2) is 37.8 Å². The van der Waals surface area contributed by atoms with Crippen molar-refractivity contribution in [3.63, 3.8) is 0 Å². The van der Waals surface area contributed by atoms with E-state index in [0.29, 0.717) is 0 Å². The molecule has 3 nitrogen and oxygen atoms in total. The molecule has 0 aliphatic rings. The van der Waals surface area contributed by atoms with Crippen molar-refractivity contribution in [2.75, 3.05) is 0 Å². The van der Waals surface area contributed by atoms with E-state index in [0.717, 1.165) is 0 Å². The van der Waals surface area contributed by atoms with Crippen molar-refractivity contribution in [2.45, 2.75) is 0 Å². The summed E-state index contributed by atoms with van der Waals surface area (Å²) >= 11 is 0. The Bertz CT molecular complexity index is 27.9. The number of carbonyl (C=O) groups excluding carboxylic acids is 2. The van der Waals surface area contributed by atoms with Crippen LogP contribution in [-0.2, 0) is 9.59 Å². The Morgan fingerprint density at radius 3 is 1.20 bits per heavy atom. The van der Waals surface area contributed by atoms with Gasteiger partial charge >= 0.3 is 32.4 Å². The molecule has 4 heteroatoms. The van der Waals surface area contributed by atoms with Crippen LogP contribution in [0.25, 0.3) is 0 Å². The maximum atomic E-state index is 8.12. The van der Waals surface area contributed by atoms with Crippen LogP contribution < -0.4 is 0 Å². The van der Waals surface area contributed by atoms with Gasteiger partial charge < -0.3 is 5.48 Å². The SMILES string of the molecule is O.O=C=O.[BiH3]. The van der Waals surface area contributed by atoms with Gasteiger partial charge in [0, 0.05) is 0 Å². The fourth-order valence-electron chi connectivity index (χ4n) is 0. The first-order valence-corrected chi connectivity index (χ1v) is 0.408. The van der Waals surface area contributed by atoms with Gasteiger partial charge in [0.2, 0.25) is 0 Å². The second kappa shape index (κ2) is 29.3. The van der Waals surface area contributed by atoms with E-state index in [1.807, 2.05) is 0 Å². The van der Waals surface area contributed by atoms with Crippen molar-refractivity contribution in [2.24, 2.45) is 0 Å². The first-order chi connectivity index (χ1) is 1.41. The first kappa shape index (κ1) is 18.8. The molecule has 0 radical (unpaired) electrons. The fourth-order valence-corrected chi connectivity index (χ4v) is 0. The van der Waals surface area contributed by atoms with Crippen LogP contribution in [0.4, 0.5) is 0 Å². The molecule has 0 saturated heterocycles. The van der Waals surface area contributed by atoms with Gasteiger partial charge in [-0.05, 0) is 0 Å². The quantitative estimate of drug-likeness (QED) is 0.455. The van der Waals surface area contributed by atoms with E-state index in [4.69, 9.17) is 9.59 Å². The van der Waals surface area contributed by atoms with Crippen LogP contribution in [0.1, 0.15) is 0 Å². The zero-order chi connectivity index (χ0) is 2.71. The van der Waals surface area contributed by atoms with E-state index in [9.17, 15) is 0 Å². The summed E-state index contributed by atoms with van der Waals surface area (Å²) in [5.74, 6) is 0. The second-order valence-electron chi connectivity index (χ2n) is 0.0833. The molecule has 0 aliphatic heterocycles. The van der Waals surface area contributed by atoms with Crippen LogP contribution in [0.2, 0.25) is 0 Å². The molecule has 0 aromatic rings. The van der Waals surface area contributed by atoms with Gasteiger partial charge in [-0.15, -0.1) is 0 Å². The van der Waals surface area contributed by atoms with Crippen molar-refractivity contribution in [1.82, 2.24) is 0 Å². The van der Waals surface area contributed by atoms with Gasteiger partial charge in [0.15, 0.2) is 0 Å². The van der Waals surface area contributed by atoms with Crippen molar-refractivity contribution in [1.29, 1.82) is 0 Å². The fraction of sp³-hybridized carbons (Fsp3) is 0. The summed E-state index contributed by atoms with van der Waals surface area (Å²) in [5, 5.41) is 0. The van der Waals surface area contributed by atoms with Crippen LogP contribution in [0.5, 0.6) is 0 Å². The van der Waals surface area contributed by atoms with E-state index in [-0.39, 0.29) is 37.8 Å². The zero-order valence-corrected chi connectivity index (χ0v) is 8.02. The van der Waals surface area contributed by atoms with Gasteiger partial charge in [-0.3, -0.25) is 0 Å². The van der Waals surface area contributed by atoms with Crippen LogP contribution in [0, 0.1) is 0 Å². The molecule has 0 saturated carbocycles. The van der Waals surface area contributed by atoms with Gasteiger partial charge in [0.1, 0.15) is 0 Å². The Kier molecular flexibility index (Phi) is 111. The summed E-state index contributed by atoms with van der Waals surface area (Å²) in [6, 6.07) is 0. The molecular formula is CH5BiO3. The number of hydrogen-bond donors (Lipinski definition) is 0. The molecule has 2 N–H and O–H groups in total. The van der Waals surface area contributed by atoms with Crippen molar-refractivity contribution in [3.8, 4) is 0 Å². The minimum absolute atomic E-state index is 0. The summed E-state index contributed by atoms with van der Waals surface area (Å²) in [5.41, 5.74) is 0. The molecule has 5 heavy (non-hydrogen) atoms. The second-order valence-corrected chi connectivity index (χ2v) is 0.0833. The predicted octanol–water partition coefficient (Wildman–Crippen LogP) is -2.59. The molecular weight excluding hydrogens is 269 g/mol. The summed E-state index contributed by atoms with van der Waals surface area (Å²) in [6.45, 7) is 0. The Balaban J connectivity index is -0.0000000200. The molecule has 0 aromatic carbocycles. The molecule has 0 aliphatic carbocycles. The van der Waals surface area contributed by atoms with E-state index in [2.05, 4.69) is 0 Å². The summed E-state index contributed by atoms with van der Waals surface area (Å²) in [6.07, 6.45) is 0.250. The van der Waals surface area contributed by atoms with Crippen molar-refractivity contribution >= 4 is 32.4 Å². The average Bonchev–Trinajstić information content (AvgIpc) is 0.918. The van der Waals surface area contributed by atoms with Gasteiger partial charge in [-0.2, -0.15) is 9.59 Å². The molecule has 0 atom stereocenters. The van der Waals surface area contributed by atoms with Gasteiger partial charge in [-0.25, -0.2) is 0 Å². The van der Waals surface area contributed by atoms with E-state index < -0.39 is 0 Å². The standard InChI is InChI=1S/CO2.Bi.H2O.3H/c2-1-3;;;;;/h;;1H2;;;. The van der Waals surface area contributed by atoms with Crippen LogP contribution in [0.15, 0.2) is 0 Å². The normalized spacial score (nSPS) is 1.60. The van der Waals surface area contributed by atoms with E-state index in [1.54, 1.807) is 0 Å². The Hall–Kier alpha value is 0.223. The van der Waals surface area contributed by atoms with E-state index in [1.165, 1.54) is 0 Å². The third kappa shape index (κ3) is 419. The Labute approximate surface area is 47.8 Å². The van der Waals surface area contributed by atoms with Crippen LogP contribution in [0.3, 0.4) is 0 Å². The summed E-state index contributed by atoms with van der Waals surface area (Å²) in [4.78, 5) is 16.2. The third-order valence-electron chi connectivity index (χ3n) is 0. The predicted molar refractivity (Wildman–Crippen MR) is 18.6 cm³/mol. The minimum atomic E-state index is 0. The molecule has 0 rings (SSSR count). The molecule has 0 spiro atoms. The van der Waals surface area contributed by atoms with Crippen LogP contribution >= 0.6 is 0 Å².